The molecule has 1 aromatic carbocycles. The summed E-state index contributed by atoms with van der Waals surface area (Å²) in [5, 5.41) is 0. The molecule has 0 unspecified atom stereocenters. The molecule has 0 radical (unpaired) electrons. The largest absolute Gasteiger partial charge is 0.0713 e. The lowest BCUT2D eigenvalue weighted by atomic mass is 10.2. The van der Waals surface area contributed by atoms with E-state index < -0.39 is 45.5 Å². The monoisotopic (exact) mass is 520 g/mol. The van der Waals surface area contributed by atoms with Gasteiger partial charge in [0, 0.05) is 45.5 Å². The van der Waals surface area contributed by atoms with Crippen molar-refractivity contribution in [2.75, 3.05) is 0 Å². The lowest BCUT2D eigenvalue weighted by Gasteiger charge is -2.89. The number of benzene rings is 1. The summed E-state index contributed by atoms with van der Waals surface area (Å²) in [7, 11) is -9.02. The highest BCUT2D eigenvalue weighted by molar-refractivity contribution is 7.77. The van der Waals surface area contributed by atoms with Crippen molar-refractivity contribution in [3.05, 3.63) is 35.9 Å². The molecule has 3 saturated heterocycles. The molecule has 0 nitrogen and oxygen atoms in total. The summed E-state index contributed by atoms with van der Waals surface area (Å²) >= 11 is 0. The van der Waals surface area contributed by atoms with E-state index in [1.807, 2.05) is 5.56 Å². The van der Waals surface area contributed by atoms with Gasteiger partial charge in [0.05, 0.1) is 0 Å². The highest BCUT2D eigenvalue weighted by atomic mass is 29.4. The van der Waals surface area contributed by atoms with Crippen molar-refractivity contribution in [1.29, 1.82) is 0 Å². The Bertz CT molecular complexity index is 763. The molecule has 3 heterocycles. The third-order valence-corrected chi connectivity index (χ3v) is 103. The second-order valence-corrected chi connectivity index (χ2v) is 64.0. The minimum atomic E-state index is -1.54. The minimum Gasteiger partial charge on any atom is -0.0713 e. The molecule has 0 N–H and O–H groups in total. The first-order valence-electron chi connectivity index (χ1n) is 13.0. The van der Waals surface area contributed by atoms with E-state index in [0.717, 1.165) is 4.28 Å². The van der Waals surface area contributed by atoms with E-state index in [-0.39, 0.29) is 0 Å². The first kappa shape index (κ1) is 26.1. The van der Waals surface area contributed by atoms with Crippen molar-refractivity contribution in [3.63, 3.8) is 0 Å². The lowest BCUT2D eigenvalue weighted by molar-refractivity contribution is 0.644. The molecule has 3 aliphatic rings. The predicted molar refractivity (Wildman–Crippen MR) is 160 cm³/mol. The van der Waals surface area contributed by atoms with E-state index in [2.05, 4.69) is 116 Å². The fraction of sp³-hybridized carbons (Fsp3) is 0.760. The van der Waals surface area contributed by atoms with Gasteiger partial charge in [0.2, 0.25) is 0 Å². The molecule has 6 heteroatoms. The van der Waals surface area contributed by atoms with Gasteiger partial charge in [-0.25, -0.2) is 0 Å². The zero-order valence-corrected chi connectivity index (χ0v) is 29.2. The molecule has 0 saturated carbocycles. The molecule has 0 aromatic heterocycles. The SMILES string of the molecule is CCCCCC12[Si](C)(C)[Si](C)(C)C(c3ccccc3)([Si](C)(C)[Si]1(C)C)[Si](C)(C)[Si]2(C)C. The van der Waals surface area contributed by atoms with Crippen LogP contribution in [0.1, 0.15) is 38.2 Å². The summed E-state index contributed by atoms with van der Waals surface area (Å²) < 4.78 is 1.47. The quantitative estimate of drug-likeness (QED) is 0.270. The number of unbranched alkanes of at least 4 members (excludes halogenated alkanes) is 2. The van der Waals surface area contributed by atoms with Crippen molar-refractivity contribution >= 4 is 45.5 Å². The van der Waals surface area contributed by atoms with Gasteiger partial charge in [-0.2, -0.15) is 0 Å². The molecule has 0 atom stereocenters. The summed E-state index contributed by atoms with van der Waals surface area (Å²) in [6, 6.07) is 12.3. The van der Waals surface area contributed by atoms with Crippen LogP contribution in [-0.4, -0.2) is 45.5 Å². The van der Waals surface area contributed by atoms with Crippen LogP contribution in [0, 0.1) is 0 Å². The Morgan fingerprint density at radius 1 is 0.548 bits per heavy atom. The van der Waals surface area contributed by atoms with Crippen molar-refractivity contribution in [2.24, 2.45) is 0 Å². The molecule has 3 aliphatic heterocycles. The van der Waals surface area contributed by atoms with E-state index >= 15 is 0 Å². The number of hydrogen-bond acceptors (Lipinski definition) is 0. The van der Waals surface area contributed by atoms with E-state index in [1.54, 1.807) is 6.42 Å². The summed E-state index contributed by atoms with van der Waals surface area (Å²) in [6.45, 7) is 37.8. The minimum absolute atomic E-state index is 0.641. The van der Waals surface area contributed by atoms with Crippen LogP contribution in [0.3, 0.4) is 0 Å². The van der Waals surface area contributed by atoms with Crippen molar-refractivity contribution in [2.45, 2.75) is 120 Å². The van der Waals surface area contributed by atoms with Gasteiger partial charge >= 0.3 is 0 Å². The van der Waals surface area contributed by atoms with Crippen LogP contribution in [0.5, 0.6) is 0 Å². The Kier molecular flexibility index (Phi) is 6.12. The molecule has 0 aliphatic carbocycles. The molecular weight excluding hydrogens is 469 g/mol. The Balaban J connectivity index is 2.56. The molecule has 176 valence electrons. The number of hydrogen-bond donors (Lipinski definition) is 0. The van der Waals surface area contributed by atoms with Crippen molar-refractivity contribution in [1.82, 2.24) is 0 Å². The first-order chi connectivity index (χ1) is 13.9. The Hall–Kier alpha value is 0.521. The van der Waals surface area contributed by atoms with Gasteiger partial charge in [-0.3, -0.25) is 0 Å². The maximum atomic E-state index is 2.96. The zero-order valence-electron chi connectivity index (χ0n) is 23.2. The highest BCUT2D eigenvalue weighted by Gasteiger charge is 2.91. The van der Waals surface area contributed by atoms with E-state index in [0.29, 0.717) is 4.28 Å². The normalized spacial score (nSPS) is 35.6. The molecule has 0 amide bonds. The zero-order chi connectivity index (χ0) is 23.9. The first-order valence-corrected chi connectivity index (χ1v) is 34.0. The second kappa shape index (κ2) is 7.26. The van der Waals surface area contributed by atoms with Gasteiger partial charge in [0.1, 0.15) is 0 Å². The van der Waals surface area contributed by atoms with Gasteiger partial charge in [0.15, 0.2) is 0 Å². The third-order valence-electron chi connectivity index (χ3n) is 13.1. The lowest BCUT2D eigenvalue weighted by Crippen LogP contribution is -3.07. The maximum absolute atomic E-state index is 2.96. The number of fused-ring (bicyclic) bond motifs is 3. The van der Waals surface area contributed by atoms with E-state index in [9.17, 15) is 0 Å². The average molecular weight is 521 g/mol. The maximum Gasteiger partial charge on any atom is 0.0464 e. The molecule has 31 heavy (non-hydrogen) atoms. The van der Waals surface area contributed by atoms with Crippen LogP contribution in [-0.2, 0) is 4.28 Å². The van der Waals surface area contributed by atoms with Gasteiger partial charge < -0.3 is 0 Å². The van der Waals surface area contributed by atoms with Gasteiger partial charge in [-0.05, 0) is 8.57 Å². The second-order valence-electron chi connectivity index (χ2n) is 14.2. The molecule has 3 fully saturated rings. The van der Waals surface area contributed by atoms with Crippen molar-refractivity contribution in [3.8, 4) is 0 Å². The summed E-state index contributed by atoms with van der Waals surface area (Å²) in [4.78, 5) is 0. The van der Waals surface area contributed by atoms with Crippen molar-refractivity contribution < 1.29 is 0 Å². The fourth-order valence-electron chi connectivity index (χ4n) is 11.0. The number of rotatable bonds is 5. The van der Waals surface area contributed by atoms with Gasteiger partial charge in [-0.15, -0.1) is 0 Å². The Labute approximate surface area is 200 Å². The fourth-order valence-corrected chi connectivity index (χ4v) is 154. The topological polar surface area (TPSA) is 0 Å². The Morgan fingerprint density at radius 3 is 1.29 bits per heavy atom. The summed E-state index contributed by atoms with van der Waals surface area (Å²) in [6.07, 6.45) is 5.96. The predicted octanol–water partition coefficient (Wildman–Crippen LogP) is 8.45. The van der Waals surface area contributed by atoms with Crippen LogP contribution in [0.15, 0.2) is 30.3 Å². The van der Waals surface area contributed by atoms with Crippen LogP contribution in [0.25, 0.3) is 0 Å². The third kappa shape index (κ3) is 2.41. The Morgan fingerprint density at radius 2 is 0.935 bits per heavy atom. The van der Waals surface area contributed by atoms with Crippen LogP contribution in [0.4, 0.5) is 0 Å². The average Bonchev–Trinajstić information content (AvgIpc) is 2.63. The molecule has 1 aromatic rings. The molecule has 4 rings (SSSR count). The van der Waals surface area contributed by atoms with Gasteiger partial charge in [-0.1, -0.05) is 147 Å². The molecule has 2 bridgehead atoms. The standard InChI is InChI=1S/C25H52Si6/c1-14-15-19-22-24-26(2,3)29(8,9)25(23-20-17-16-18-21-23,30(10,11)27(24,4)5)31(12,13)28(24,6)7/h16-18,20-21H,14-15,19,22H2,1-13H3. The van der Waals surface area contributed by atoms with Crippen LogP contribution >= 0.6 is 0 Å². The summed E-state index contributed by atoms with van der Waals surface area (Å²) in [5.41, 5.74) is 1.84. The van der Waals surface area contributed by atoms with Gasteiger partial charge in [0.25, 0.3) is 0 Å². The smallest absolute Gasteiger partial charge is 0.0464 e. The van der Waals surface area contributed by atoms with E-state index in [4.69, 9.17) is 0 Å². The highest BCUT2D eigenvalue weighted by Crippen LogP contribution is 2.78. The van der Waals surface area contributed by atoms with Crippen LogP contribution in [0.2, 0.25) is 82.8 Å². The molecular formula is C25H52Si6. The van der Waals surface area contributed by atoms with Crippen LogP contribution < -0.4 is 0 Å². The summed E-state index contributed by atoms with van der Waals surface area (Å²) in [5.74, 6) is 0. The van der Waals surface area contributed by atoms with E-state index in [1.165, 1.54) is 19.3 Å². The molecule has 0 spiro atoms.